The highest BCUT2D eigenvalue weighted by Gasteiger charge is 2.14. The maximum absolute atomic E-state index is 10.2. The fourth-order valence-corrected chi connectivity index (χ4v) is 3.40. The molecule has 1 atom stereocenters. The zero-order valence-corrected chi connectivity index (χ0v) is 13.9. The summed E-state index contributed by atoms with van der Waals surface area (Å²) in [6.45, 7) is 6.63. The number of hydrogen-bond donors (Lipinski definition) is 1. The van der Waals surface area contributed by atoms with Crippen molar-refractivity contribution in [1.29, 1.82) is 0 Å². The summed E-state index contributed by atoms with van der Waals surface area (Å²) >= 11 is 5.00. The molecule has 0 bridgehead atoms. The van der Waals surface area contributed by atoms with Gasteiger partial charge in [-0.2, -0.15) is 0 Å². The Morgan fingerprint density at radius 3 is 2.32 bits per heavy atom. The third kappa shape index (κ3) is 3.91. The van der Waals surface area contributed by atoms with Crippen LogP contribution in [-0.4, -0.2) is 5.11 Å². The van der Waals surface area contributed by atoms with Crippen molar-refractivity contribution >= 4 is 27.3 Å². The molecule has 0 saturated carbocycles. The first-order valence-electron chi connectivity index (χ1n) is 6.37. The molecule has 0 aliphatic carbocycles. The minimum Gasteiger partial charge on any atom is -0.387 e. The van der Waals surface area contributed by atoms with Crippen molar-refractivity contribution in [2.45, 2.75) is 38.7 Å². The third-order valence-electron chi connectivity index (χ3n) is 3.17. The molecule has 19 heavy (non-hydrogen) atoms. The molecule has 0 aliphatic rings. The molecule has 1 aromatic carbocycles. The number of aliphatic hydroxyl groups excluding tert-OH is 1. The van der Waals surface area contributed by atoms with Crippen LogP contribution >= 0.6 is 27.3 Å². The fraction of sp³-hybridized carbons (Fsp3) is 0.375. The standard InChI is InChI=1S/C16H19BrOS/c1-16(2,3)12-6-4-11(5-7-12)8-14(18)15-9-13(17)10-19-15/h4-7,9-10,14,18H,8H2,1-3H3. The van der Waals surface area contributed by atoms with Gasteiger partial charge in [0.15, 0.2) is 0 Å². The van der Waals surface area contributed by atoms with E-state index in [-0.39, 0.29) is 5.41 Å². The molecule has 1 heterocycles. The molecule has 2 rings (SSSR count). The van der Waals surface area contributed by atoms with E-state index in [4.69, 9.17) is 0 Å². The van der Waals surface area contributed by atoms with Gasteiger partial charge in [-0.25, -0.2) is 0 Å². The van der Waals surface area contributed by atoms with Gasteiger partial charge >= 0.3 is 0 Å². The van der Waals surface area contributed by atoms with Crippen LogP contribution in [0.2, 0.25) is 0 Å². The largest absolute Gasteiger partial charge is 0.387 e. The van der Waals surface area contributed by atoms with Crippen LogP contribution in [0.5, 0.6) is 0 Å². The average molecular weight is 339 g/mol. The van der Waals surface area contributed by atoms with E-state index in [1.807, 2.05) is 11.4 Å². The quantitative estimate of drug-likeness (QED) is 0.826. The molecule has 0 saturated heterocycles. The minimum atomic E-state index is -0.420. The van der Waals surface area contributed by atoms with Crippen LogP contribution in [0.4, 0.5) is 0 Å². The molecule has 3 heteroatoms. The van der Waals surface area contributed by atoms with Crippen molar-refractivity contribution in [3.63, 3.8) is 0 Å². The predicted octanol–water partition coefficient (Wildman–Crippen LogP) is 5.08. The van der Waals surface area contributed by atoms with Gasteiger partial charge in [0.1, 0.15) is 0 Å². The lowest BCUT2D eigenvalue weighted by atomic mass is 9.86. The number of aliphatic hydroxyl groups is 1. The summed E-state index contributed by atoms with van der Waals surface area (Å²) in [5.74, 6) is 0. The summed E-state index contributed by atoms with van der Waals surface area (Å²) in [6, 6.07) is 10.5. The Labute approximate surface area is 127 Å². The van der Waals surface area contributed by atoms with Gasteiger partial charge in [-0.1, -0.05) is 45.0 Å². The fourth-order valence-electron chi connectivity index (χ4n) is 1.97. The Bertz CT molecular complexity index is 537. The smallest absolute Gasteiger partial charge is 0.0922 e. The molecule has 102 valence electrons. The molecule has 0 fully saturated rings. The maximum Gasteiger partial charge on any atom is 0.0922 e. The lowest BCUT2D eigenvalue weighted by molar-refractivity contribution is 0.182. The Hall–Kier alpha value is -0.640. The normalized spacial score (nSPS) is 13.5. The summed E-state index contributed by atoms with van der Waals surface area (Å²) in [4.78, 5) is 1.01. The van der Waals surface area contributed by atoms with Crippen LogP contribution in [0, 0.1) is 0 Å². The van der Waals surface area contributed by atoms with E-state index in [1.54, 1.807) is 11.3 Å². The Morgan fingerprint density at radius 1 is 1.21 bits per heavy atom. The van der Waals surface area contributed by atoms with Crippen molar-refractivity contribution < 1.29 is 5.11 Å². The van der Waals surface area contributed by atoms with E-state index in [1.165, 1.54) is 11.1 Å². The van der Waals surface area contributed by atoms with Crippen molar-refractivity contribution in [2.75, 3.05) is 0 Å². The van der Waals surface area contributed by atoms with Gasteiger partial charge in [-0.15, -0.1) is 11.3 Å². The van der Waals surface area contributed by atoms with E-state index in [9.17, 15) is 5.11 Å². The highest BCUT2D eigenvalue weighted by molar-refractivity contribution is 9.10. The molecule has 1 unspecified atom stereocenters. The molecule has 1 N–H and O–H groups in total. The Morgan fingerprint density at radius 2 is 1.84 bits per heavy atom. The van der Waals surface area contributed by atoms with E-state index >= 15 is 0 Å². The monoisotopic (exact) mass is 338 g/mol. The van der Waals surface area contributed by atoms with Crippen molar-refractivity contribution in [1.82, 2.24) is 0 Å². The van der Waals surface area contributed by atoms with Crippen LogP contribution in [0.3, 0.4) is 0 Å². The van der Waals surface area contributed by atoms with Crippen molar-refractivity contribution in [3.8, 4) is 0 Å². The molecule has 0 spiro atoms. The van der Waals surface area contributed by atoms with Gasteiger partial charge in [0.05, 0.1) is 6.10 Å². The van der Waals surface area contributed by atoms with Crippen LogP contribution in [0.1, 0.15) is 42.9 Å². The molecule has 0 amide bonds. The molecule has 1 aromatic heterocycles. The summed E-state index contributed by atoms with van der Waals surface area (Å²) in [5, 5.41) is 12.2. The summed E-state index contributed by atoms with van der Waals surface area (Å²) < 4.78 is 1.04. The molecule has 0 radical (unpaired) electrons. The number of thiophene rings is 1. The number of halogens is 1. The third-order valence-corrected chi connectivity index (χ3v) is 4.96. The van der Waals surface area contributed by atoms with Gasteiger partial charge < -0.3 is 5.11 Å². The second-order valence-corrected chi connectivity index (χ2v) is 7.69. The molecular formula is C16H19BrOS. The molecule has 0 aliphatic heterocycles. The van der Waals surface area contributed by atoms with Gasteiger partial charge in [-0.05, 0) is 38.5 Å². The topological polar surface area (TPSA) is 20.2 Å². The number of rotatable bonds is 3. The van der Waals surface area contributed by atoms with E-state index < -0.39 is 6.10 Å². The predicted molar refractivity (Wildman–Crippen MR) is 85.8 cm³/mol. The van der Waals surface area contributed by atoms with Gasteiger partial charge in [0, 0.05) is 21.2 Å². The van der Waals surface area contributed by atoms with E-state index in [2.05, 4.69) is 61.0 Å². The van der Waals surface area contributed by atoms with Crippen molar-refractivity contribution in [2.24, 2.45) is 0 Å². The zero-order chi connectivity index (χ0) is 14.0. The van der Waals surface area contributed by atoms with E-state index in [0.717, 1.165) is 9.35 Å². The first-order chi connectivity index (χ1) is 8.86. The van der Waals surface area contributed by atoms with Gasteiger partial charge in [0.2, 0.25) is 0 Å². The lowest BCUT2D eigenvalue weighted by Gasteiger charge is -2.19. The second kappa shape index (κ2) is 5.78. The first kappa shape index (κ1) is 14.8. The van der Waals surface area contributed by atoms with Crippen molar-refractivity contribution in [3.05, 3.63) is 56.2 Å². The van der Waals surface area contributed by atoms with Crippen LogP contribution in [0.25, 0.3) is 0 Å². The SMILES string of the molecule is CC(C)(C)c1ccc(CC(O)c2cc(Br)cs2)cc1. The highest BCUT2D eigenvalue weighted by Crippen LogP contribution is 2.28. The highest BCUT2D eigenvalue weighted by atomic mass is 79.9. The maximum atomic E-state index is 10.2. The second-order valence-electron chi connectivity index (χ2n) is 5.83. The van der Waals surface area contributed by atoms with E-state index in [0.29, 0.717) is 6.42 Å². The Kier molecular flexibility index (Phi) is 4.49. The zero-order valence-electron chi connectivity index (χ0n) is 11.5. The Balaban J connectivity index is 2.07. The van der Waals surface area contributed by atoms with Gasteiger partial charge in [0.25, 0.3) is 0 Å². The summed E-state index contributed by atoms with van der Waals surface area (Å²) in [7, 11) is 0. The lowest BCUT2D eigenvalue weighted by Crippen LogP contribution is -2.11. The van der Waals surface area contributed by atoms with Crippen LogP contribution < -0.4 is 0 Å². The number of benzene rings is 1. The van der Waals surface area contributed by atoms with Crippen LogP contribution in [-0.2, 0) is 11.8 Å². The first-order valence-corrected chi connectivity index (χ1v) is 8.05. The summed E-state index contributed by atoms with van der Waals surface area (Å²) in [6.07, 6.45) is 0.244. The van der Waals surface area contributed by atoms with Gasteiger partial charge in [-0.3, -0.25) is 0 Å². The summed E-state index contributed by atoms with van der Waals surface area (Å²) in [5.41, 5.74) is 2.67. The average Bonchev–Trinajstić information content (AvgIpc) is 2.75. The number of hydrogen-bond acceptors (Lipinski definition) is 2. The molecular weight excluding hydrogens is 320 g/mol. The van der Waals surface area contributed by atoms with Crippen LogP contribution in [0.15, 0.2) is 40.2 Å². The molecule has 1 nitrogen and oxygen atoms in total. The minimum absolute atomic E-state index is 0.176. The molecule has 2 aromatic rings.